The van der Waals surface area contributed by atoms with Crippen LogP contribution in [0.3, 0.4) is 0 Å². The summed E-state index contributed by atoms with van der Waals surface area (Å²) in [6, 6.07) is 6.97. The van der Waals surface area contributed by atoms with Crippen molar-refractivity contribution in [2.45, 2.75) is 26.9 Å². The maximum Gasteiger partial charge on any atom is 0.271 e. The van der Waals surface area contributed by atoms with E-state index in [1.807, 2.05) is 16.5 Å². The zero-order valence-electron chi connectivity index (χ0n) is 17.0. The maximum absolute atomic E-state index is 12.9. The van der Waals surface area contributed by atoms with Crippen molar-refractivity contribution in [2.75, 3.05) is 26.2 Å². The number of halogens is 2. The van der Waals surface area contributed by atoms with Gasteiger partial charge in [-0.15, -0.1) is 0 Å². The van der Waals surface area contributed by atoms with Gasteiger partial charge in [-0.1, -0.05) is 23.2 Å². The summed E-state index contributed by atoms with van der Waals surface area (Å²) in [6.45, 7) is 8.87. The Morgan fingerprint density at radius 1 is 1.17 bits per heavy atom. The first-order valence-corrected chi connectivity index (χ1v) is 10.8. The van der Waals surface area contributed by atoms with E-state index in [-0.39, 0.29) is 5.91 Å². The minimum absolute atomic E-state index is 0.0477. The molecule has 1 aromatic carbocycles. The van der Waals surface area contributed by atoms with Crippen molar-refractivity contribution in [3.05, 3.63) is 57.5 Å². The van der Waals surface area contributed by atoms with E-state index in [1.54, 1.807) is 24.3 Å². The standard InChI is InChI=1S/C21H24Cl2N6O/c1-3-29-13-15(14(2)26-29)12-27-6-8-28(9-7-27)21(30)20-11-19(24-25-20)17-5-4-16(22)10-18(17)23/h4-5,10-11,13H,3,6-9,12H2,1-2H3,(H,24,25). The van der Waals surface area contributed by atoms with Gasteiger partial charge in [0.05, 0.1) is 16.4 Å². The van der Waals surface area contributed by atoms with Crippen LogP contribution in [-0.4, -0.2) is 61.9 Å². The topological polar surface area (TPSA) is 70.1 Å². The van der Waals surface area contributed by atoms with Gasteiger partial charge in [0.15, 0.2) is 0 Å². The first-order chi connectivity index (χ1) is 14.4. The monoisotopic (exact) mass is 446 g/mol. The minimum atomic E-state index is -0.0477. The third-order valence-electron chi connectivity index (χ3n) is 5.44. The SMILES string of the molecule is CCn1cc(CN2CCN(C(=O)c3cc(-c4ccc(Cl)cc4Cl)n[nH]3)CC2)c(C)n1. The molecule has 0 aliphatic carbocycles. The predicted molar refractivity (Wildman–Crippen MR) is 118 cm³/mol. The molecule has 1 aliphatic rings. The van der Waals surface area contributed by atoms with Crippen LogP contribution < -0.4 is 0 Å². The summed E-state index contributed by atoms with van der Waals surface area (Å²) in [5.41, 5.74) is 4.15. The molecule has 3 aromatic rings. The van der Waals surface area contributed by atoms with Gasteiger partial charge in [-0.2, -0.15) is 10.2 Å². The molecule has 1 fully saturated rings. The quantitative estimate of drug-likeness (QED) is 0.645. The summed E-state index contributed by atoms with van der Waals surface area (Å²) in [7, 11) is 0. The van der Waals surface area contributed by atoms with Crippen molar-refractivity contribution < 1.29 is 4.79 Å². The van der Waals surface area contributed by atoms with Crippen LogP contribution in [-0.2, 0) is 13.1 Å². The number of benzene rings is 1. The van der Waals surface area contributed by atoms with Crippen molar-refractivity contribution in [3.63, 3.8) is 0 Å². The number of aryl methyl sites for hydroxylation is 2. The van der Waals surface area contributed by atoms with Crippen molar-refractivity contribution in [1.29, 1.82) is 0 Å². The summed E-state index contributed by atoms with van der Waals surface area (Å²) >= 11 is 12.2. The number of aromatic amines is 1. The molecule has 0 unspecified atom stereocenters. The fraction of sp³-hybridized carbons (Fsp3) is 0.381. The number of amides is 1. The smallest absolute Gasteiger partial charge is 0.271 e. The van der Waals surface area contributed by atoms with Gasteiger partial charge in [0.2, 0.25) is 0 Å². The number of rotatable bonds is 5. The molecule has 0 atom stereocenters. The molecule has 3 heterocycles. The van der Waals surface area contributed by atoms with E-state index in [0.29, 0.717) is 34.5 Å². The van der Waals surface area contributed by atoms with Gasteiger partial charge in [0.25, 0.3) is 5.91 Å². The highest BCUT2D eigenvalue weighted by atomic mass is 35.5. The molecular formula is C21H24Cl2N6O. The maximum atomic E-state index is 12.9. The summed E-state index contributed by atoms with van der Waals surface area (Å²) < 4.78 is 1.97. The molecule has 0 bridgehead atoms. The molecule has 0 spiro atoms. The fourth-order valence-electron chi connectivity index (χ4n) is 3.66. The average Bonchev–Trinajstić information content (AvgIpc) is 3.35. The molecule has 0 radical (unpaired) electrons. The second-order valence-corrected chi connectivity index (χ2v) is 8.30. The fourth-order valence-corrected chi connectivity index (χ4v) is 4.17. The second kappa shape index (κ2) is 8.79. The van der Waals surface area contributed by atoms with Gasteiger partial charge in [-0.3, -0.25) is 19.5 Å². The Morgan fingerprint density at radius 2 is 1.93 bits per heavy atom. The Morgan fingerprint density at radius 3 is 2.60 bits per heavy atom. The molecule has 7 nitrogen and oxygen atoms in total. The number of H-pyrrole nitrogens is 1. The lowest BCUT2D eigenvalue weighted by Gasteiger charge is -2.34. The Kier molecular flexibility index (Phi) is 6.13. The molecule has 1 amide bonds. The normalized spacial score (nSPS) is 15.0. The number of nitrogens with one attached hydrogen (secondary N) is 1. The number of hydrogen-bond acceptors (Lipinski definition) is 4. The number of carbonyl (C=O) groups excluding carboxylic acids is 1. The molecule has 2 aromatic heterocycles. The molecule has 9 heteroatoms. The predicted octanol–water partition coefficient (Wildman–Crippen LogP) is 3.87. The zero-order chi connectivity index (χ0) is 21.3. The second-order valence-electron chi connectivity index (χ2n) is 7.45. The Hall–Kier alpha value is -2.35. The molecule has 30 heavy (non-hydrogen) atoms. The van der Waals surface area contributed by atoms with E-state index in [4.69, 9.17) is 23.2 Å². The lowest BCUT2D eigenvalue weighted by Crippen LogP contribution is -2.48. The zero-order valence-corrected chi connectivity index (χ0v) is 18.5. The van der Waals surface area contributed by atoms with Gasteiger partial charge in [-0.05, 0) is 38.1 Å². The number of nitrogens with zero attached hydrogens (tertiary/aromatic N) is 5. The minimum Gasteiger partial charge on any atom is -0.335 e. The van der Waals surface area contributed by atoms with E-state index in [0.717, 1.165) is 37.4 Å². The highest BCUT2D eigenvalue weighted by Gasteiger charge is 2.24. The Labute approximate surface area is 185 Å². The number of hydrogen-bond donors (Lipinski definition) is 1. The Bertz CT molecular complexity index is 1050. The molecule has 4 rings (SSSR count). The lowest BCUT2D eigenvalue weighted by molar-refractivity contribution is 0.0622. The first kappa shape index (κ1) is 20.9. The summed E-state index contributed by atoms with van der Waals surface area (Å²) in [4.78, 5) is 17.1. The highest BCUT2D eigenvalue weighted by molar-refractivity contribution is 6.36. The lowest BCUT2D eigenvalue weighted by atomic mass is 10.1. The van der Waals surface area contributed by atoms with Crippen molar-refractivity contribution in [2.24, 2.45) is 0 Å². The number of carbonyl (C=O) groups is 1. The summed E-state index contributed by atoms with van der Waals surface area (Å²) in [6.07, 6.45) is 2.11. The van der Waals surface area contributed by atoms with Gasteiger partial charge >= 0.3 is 0 Å². The van der Waals surface area contributed by atoms with Crippen LogP contribution in [0.25, 0.3) is 11.3 Å². The van der Waals surface area contributed by atoms with Gasteiger partial charge in [0.1, 0.15) is 5.69 Å². The van der Waals surface area contributed by atoms with Crippen LogP contribution in [0.5, 0.6) is 0 Å². The average molecular weight is 447 g/mol. The van der Waals surface area contributed by atoms with E-state index in [1.165, 1.54) is 5.56 Å². The van der Waals surface area contributed by atoms with Crippen molar-refractivity contribution >= 4 is 29.1 Å². The third-order valence-corrected chi connectivity index (χ3v) is 5.99. The van der Waals surface area contributed by atoms with Crippen molar-refractivity contribution in [1.82, 2.24) is 29.8 Å². The van der Waals surface area contributed by atoms with Gasteiger partial charge in [0, 0.05) is 61.6 Å². The first-order valence-electron chi connectivity index (χ1n) is 10.00. The molecular weight excluding hydrogens is 423 g/mol. The number of aromatic nitrogens is 4. The summed E-state index contributed by atoms with van der Waals surface area (Å²) in [5, 5.41) is 12.7. The van der Waals surface area contributed by atoms with Crippen LogP contribution >= 0.6 is 23.2 Å². The van der Waals surface area contributed by atoms with E-state index < -0.39 is 0 Å². The van der Waals surface area contributed by atoms with Crippen LogP contribution in [0.1, 0.15) is 28.7 Å². The van der Waals surface area contributed by atoms with E-state index in [9.17, 15) is 4.79 Å². The van der Waals surface area contributed by atoms with Crippen LogP contribution in [0, 0.1) is 6.92 Å². The van der Waals surface area contributed by atoms with Crippen LogP contribution in [0.4, 0.5) is 0 Å². The van der Waals surface area contributed by atoms with E-state index >= 15 is 0 Å². The molecule has 1 aliphatic heterocycles. The number of piperazine rings is 1. The molecule has 1 saturated heterocycles. The largest absolute Gasteiger partial charge is 0.335 e. The molecule has 158 valence electrons. The van der Waals surface area contributed by atoms with Crippen LogP contribution in [0.2, 0.25) is 10.0 Å². The van der Waals surface area contributed by atoms with Crippen LogP contribution in [0.15, 0.2) is 30.5 Å². The third kappa shape index (κ3) is 4.38. The molecule has 0 saturated carbocycles. The summed E-state index contributed by atoms with van der Waals surface area (Å²) in [5.74, 6) is -0.0477. The van der Waals surface area contributed by atoms with Gasteiger partial charge in [-0.25, -0.2) is 0 Å². The molecule has 1 N–H and O–H groups in total. The van der Waals surface area contributed by atoms with Gasteiger partial charge < -0.3 is 4.90 Å². The van der Waals surface area contributed by atoms with E-state index in [2.05, 4.69) is 33.3 Å². The van der Waals surface area contributed by atoms with Crippen molar-refractivity contribution in [3.8, 4) is 11.3 Å². The highest BCUT2D eigenvalue weighted by Crippen LogP contribution is 2.29. The Balaban J connectivity index is 1.37.